The van der Waals surface area contributed by atoms with Crippen molar-refractivity contribution in [3.8, 4) is 11.3 Å². The van der Waals surface area contributed by atoms with Gasteiger partial charge in [0.1, 0.15) is 5.01 Å². The van der Waals surface area contributed by atoms with Gasteiger partial charge in [0.05, 0.1) is 11.7 Å². The molecule has 1 N–H and O–H groups in total. The molecule has 5 nitrogen and oxygen atoms in total. The van der Waals surface area contributed by atoms with E-state index in [4.69, 9.17) is 0 Å². The molecule has 1 aliphatic rings. The number of hydrogen-bond acceptors (Lipinski definition) is 4. The van der Waals surface area contributed by atoms with Crippen molar-refractivity contribution in [2.24, 2.45) is 0 Å². The summed E-state index contributed by atoms with van der Waals surface area (Å²) in [6.45, 7) is 0.797. The highest BCUT2D eigenvalue weighted by atomic mass is 32.1. The number of H-pyrrole nitrogens is 1. The van der Waals surface area contributed by atoms with E-state index in [2.05, 4.69) is 15.2 Å². The van der Waals surface area contributed by atoms with Gasteiger partial charge in [-0.3, -0.25) is 9.89 Å². The number of benzene rings is 1. The third kappa shape index (κ3) is 2.66. The number of nitrogens with one attached hydrogen (secondary N) is 1. The molecule has 4 rings (SSSR count). The molecular formula is C17H16N4OS. The molecule has 0 radical (unpaired) electrons. The number of thiazole rings is 1. The molecule has 3 aromatic rings. The number of hydrogen-bond donors (Lipinski definition) is 1. The van der Waals surface area contributed by atoms with E-state index in [0.29, 0.717) is 0 Å². The highest BCUT2D eigenvalue weighted by Gasteiger charge is 2.32. The Labute approximate surface area is 138 Å². The minimum Gasteiger partial charge on any atom is -0.329 e. The average molecular weight is 324 g/mol. The van der Waals surface area contributed by atoms with Crippen LogP contribution in [0.4, 0.5) is 0 Å². The summed E-state index contributed by atoms with van der Waals surface area (Å²) in [4.78, 5) is 19.2. The molecule has 0 saturated carbocycles. The molecular weight excluding hydrogens is 308 g/mol. The minimum absolute atomic E-state index is 0.0823. The first-order valence-electron chi connectivity index (χ1n) is 7.63. The second kappa shape index (κ2) is 5.96. The van der Waals surface area contributed by atoms with Gasteiger partial charge < -0.3 is 4.90 Å². The van der Waals surface area contributed by atoms with Gasteiger partial charge in [-0.2, -0.15) is 5.10 Å². The lowest BCUT2D eigenvalue weighted by molar-refractivity contribution is 0.0735. The van der Waals surface area contributed by atoms with E-state index >= 15 is 0 Å². The molecule has 1 aromatic carbocycles. The Balaban J connectivity index is 1.56. The zero-order chi connectivity index (χ0) is 15.6. The third-order valence-electron chi connectivity index (χ3n) is 4.19. The van der Waals surface area contributed by atoms with Crippen LogP contribution in [-0.4, -0.2) is 32.5 Å². The normalized spacial score (nSPS) is 17.6. The molecule has 2 aromatic heterocycles. The van der Waals surface area contributed by atoms with Crippen molar-refractivity contribution in [3.63, 3.8) is 0 Å². The van der Waals surface area contributed by atoms with Crippen LogP contribution in [0.1, 0.15) is 34.2 Å². The summed E-state index contributed by atoms with van der Waals surface area (Å²) < 4.78 is 0. The Hall–Kier alpha value is -2.47. The number of likely N-dealkylation sites (tertiary alicyclic amines) is 1. The van der Waals surface area contributed by atoms with Gasteiger partial charge in [-0.15, -0.1) is 11.3 Å². The first-order chi connectivity index (χ1) is 11.3. The van der Waals surface area contributed by atoms with Gasteiger partial charge in [0.15, 0.2) is 0 Å². The predicted octanol–water partition coefficient (Wildman–Crippen LogP) is 3.51. The first-order valence-corrected chi connectivity index (χ1v) is 8.51. The van der Waals surface area contributed by atoms with Crippen LogP contribution in [0, 0.1) is 0 Å². The summed E-state index contributed by atoms with van der Waals surface area (Å²) in [5.41, 5.74) is 2.69. The molecule has 1 unspecified atom stereocenters. The van der Waals surface area contributed by atoms with Crippen LogP contribution in [0.3, 0.4) is 0 Å². The van der Waals surface area contributed by atoms with E-state index in [9.17, 15) is 4.79 Å². The van der Waals surface area contributed by atoms with E-state index in [0.717, 1.165) is 41.2 Å². The fraction of sp³-hybridized carbons (Fsp3) is 0.235. The smallest absolute Gasteiger partial charge is 0.254 e. The third-order valence-corrected chi connectivity index (χ3v) is 5.07. The van der Waals surface area contributed by atoms with Crippen molar-refractivity contribution in [3.05, 3.63) is 58.7 Å². The summed E-state index contributed by atoms with van der Waals surface area (Å²) in [5, 5.41) is 9.88. The second-order valence-electron chi connectivity index (χ2n) is 5.57. The Morgan fingerprint density at radius 1 is 1.22 bits per heavy atom. The number of nitrogens with zero attached hydrogens (tertiary/aromatic N) is 3. The summed E-state index contributed by atoms with van der Waals surface area (Å²) in [6, 6.07) is 9.71. The maximum atomic E-state index is 12.8. The SMILES string of the molecule is O=C(c1ccc(-c2ccn[nH]2)cc1)N1CCCC1c1nccs1. The van der Waals surface area contributed by atoms with Crippen LogP contribution in [0.25, 0.3) is 11.3 Å². The zero-order valence-corrected chi connectivity index (χ0v) is 13.3. The zero-order valence-electron chi connectivity index (χ0n) is 12.5. The Morgan fingerprint density at radius 2 is 2.09 bits per heavy atom. The van der Waals surface area contributed by atoms with Crippen LogP contribution in [0.5, 0.6) is 0 Å². The Bertz CT molecular complexity index is 781. The van der Waals surface area contributed by atoms with E-state index in [1.807, 2.05) is 40.6 Å². The quantitative estimate of drug-likeness (QED) is 0.802. The van der Waals surface area contributed by atoms with Gasteiger partial charge in [-0.1, -0.05) is 12.1 Å². The average Bonchev–Trinajstić information content (AvgIpc) is 3.35. The summed E-state index contributed by atoms with van der Waals surface area (Å²) in [7, 11) is 0. The Kier molecular flexibility index (Phi) is 3.67. The maximum Gasteiger partial charge on any atom is 0.254 e. The highest BCUT2D eigenvalue weighted by Crippen LogP contribution is 2.34. The van der Waals surface area contributed by atoms with Crippen LogP contribution >= 0.6 is 11.3 Å². The van der Waals surface area contributed by atoms with Crippen molar-refractivity contribution in [2.75, 3.05) is 6.54 Å². The topological polar surface area (TPSA) is 61.9 Å². The number of carbonyl (C=O) groups excluding carboxylic acids is 1. The lowest BCUT2D eigenvalue weighted by Gasteiger charge is -2.23. The molecule has 116 valence electrons. The summed E-state index contributed by atoms with van der Waals surface area (Å²) in [5.74, 6) is 0.0823. The van der Waals surface area contributed by atoms with Crippen LogP contribution < -0.4 is 0 Å². The van der Waals surface area contributed by atoms with Gasteiger partial charge in [-0.25, -0.2) is 4.98 Å². The molecule has 1 saturated heterocycles. The molecule has 0 aliphatic carbocycles. The largest absolute Gasteiger partial charge is 0.329 e. The van der Waals surface area contributed by atoms with E-state index < -0.39 is 0 Å². The van der Waals surface area contributed by atoms with Crippen molar-refractivity contribution in [2.45, 2.75) is 18.9 Å². The summed E-state index contributed by atoms with van der Waals surface area (Å²) >= 11 is 1.62. The molecule has 3 heterocycles. The van der Waals surface area contributed by atoms with Crippen molar-refractivity contribution in [1.82, 2.24) is 20.1 Å². The number of rotatable bonds is 3. The number of carbonyl (C=O) groups is 1. The molecule has 0 bridgehead atoms. The Morgan fingerprint density at radius 3 is 2.78 bits per heavy atom. The molecule has 0 spiro atoms. The first kappa shape index (κ1) is 14.1. The standard InChI is InChI=1S/C17H16N4OS/c22-17(21-10-1-2-15(21)16-18-9-11-23-16)13-5-3-12(4-6-13)14-7-8-19-20-14/h3-9,11,15H,1-2,10H2,(H,19,20). The second-order valence-corrected chi connectivity index (χ2v) is 6.50. The molecule has 1 aliphatic heterocycles. The van der Waals surface area contributed by atoms with Crippen molar-refractivity contribution in [1.29, 1.82) is 0 Å². The van der Waals surface area contributed by atoms with E-state index in [-0.39, 0.29) is 11.9 Å². The van der Waals surface area contributed by atoms with Crippen LogP contribution in [0.15, 0.2) is 48.1 Å². The van der Waals surface area contributed by atoms with Gasteiger partial charge >= 0.3 is 0 Å². The van der Waals surface area contributed by atoms with Gasteiger partial charge in [0.2, 0.25) is 0 Å². The number of aromatic amines is 1. The lowest BCUT2D eigenvalue weighted by atomic mass is 10.1. The molecule has 1 fully saturated rings. The van der Waals surface area contributed by atoms with E-state index in [1.165, 1.54) is 0 Å². The maximum absolute atomic E-state index is 12.8. The summed E-state index contributed by atoms with van der Waals surface area (Å²) in [6.07, 6.45) is 5.55. The highest BCUT2D eigenvalue weighted by molar-refractivity contribution is 7.09. The molecule has 23 heavy (non-hydrogen) atoms. The van der Waals surface area contributed by atoms with E-state index in [1.54, 1.807) is 23.7 Å². The fourth-order valence-electron chi connectivity index (χ4n) is 3.04. The van der Waals surface area contributed by atoms with Gasteiger partial charge in [0.25, 0.3) is 5.91 Å². The fourth-order valence-corrected chi connectivity index (χ4v) is 3.83. The van der Waals surface area contributed by atoms with Gasteiger partial charge in [0, 0.05) is 29.9 Å². The predicted molar refractivity (Wildman–Crippen MR) is 89.1 cm³/mol. The number of amides is 1. The van der Waals surface area contributed by atoms with Crippen LogP contribution in [0.2, 0.25) is 0 Å². The molecule has 1 amide bonds. The minimum atomic E-state index is 0.0823. The van der Waals surface area contributed by atoms with Crippen molar-refractivity contribution >= 4 is 17.2 Å². The van der Waals surface area contributed by atoms with Crippen molar-refractivity contribution < 1.29 is 4.79 Å². The van der Waals surface area contributed by atoms with Crippen LogP contribution in [-0.2, 0) is 0 Å². The monoisotopic (exact) mass is 324 g/mol. The number of aromatic nitrogens is 3. The molecule has 6 heteroatoms. The lowest BCUT2D eigenvalue weighted by Crippen LogP contribution is -2.30. The molecule has 1 atom stereocenters. The van der Waals surface area contributed by atoms with Gasteiger partial charge in [-0.05, 0) is 36.6 Å².